The van der Waals surface area contributed by atoms with Gasteiger partial charge in [-0.2, -0.15) is 20.0 Å². The first-order valence-electron chi connectivity index (χ1n) is 6.32. The van der Waals surface area contributed by atoms with Gasteiger partial charge in [0.1, 0.15) is 17.5 Å². The molecule has 0 bridgehead atoms. The molecule has 1 unspecified atom stereocenters. The molecule has 1 rings (SSSR count). The lowest BCUT2D eigenvalue weighted by Gasteiger charge is -2.02. The molecule has 0 radical (unpaired) electrons. The van der Waals surface area contributed by atoms with E-state index in [1.807, 2.05) is 32.1 Å². The lowest BCUT2D eigenvalue weighted by Crippen LogP contribution is -2.26. The summed E-state index contributed by atoms with van der Waals surface area (Å²) in [6.07, 6.45) is 7.37. The minimum atomic E-state index is -0.760. The monoisotopic (exact) mass is 287 g/mol. The lowest BCUT2D eigenvalue weighted by atomic mass is 10.1. The number of nitrogens with two attached hydrogens (primary N) is 2. The van der Waals surface area contributed by atoms with Gasteiger partial charge in [0.15, 0.2) is 0 Å². The van der Waals surface area contributed by atoms with Gasteiger partial charge in [-0.05, 0) is 13.3 Å². The number of anilines is 1. The molecule has 0 fully saturated rings. The zero-order chi connectivity index (χ0) is 15.8. The van der Waals surface area contributed by atoms with Crippen LogP contribution in [-0.2, 0) is 0 Å². The molecule has 110 valence electrons. The number of urea groups is 1. The Kier molecular flexibility index (Phi) is 5.82. The minimum absolute atomic E-state index is 0.0240. The van der Waals surface area contributed by atoms with Crippen molar-refractivity contribution >= 4 is 24.0 Å². The highest BCUT2D eigenvalue weighted by molar-refractivity contribution is 5.96. The largest absolute Gasteiger partial charge is 0.382 e. The van der Waals surface area contributed by atoms with Crippen LogP contribution in [0.5, 0.6) is 0 Å². The zero-order valence-electron chi connectivity index (χ0n) is 11.9. The normalized spacial score (nSPS) is 13.7. The summed E-state index contributed by atoms with van der Waals surface area (Å²) in [5.41, 5.74) is 11.4. The van der Waals surface area contributed by atoms with Crippen molar-refractivity contribution in [1.29, 1.82) is 5.26 Å². The molecule has 1 aromatic heterocycles. The number of hydrogen-bond acceptors (Lipinski definition) is 4. The van der Waals surface area contributed by atoms with E-state index in [9.17, 15) is 4.79 Å². The van der Waals surface area contributed by atoms with Crippen LogP contribution < -0.4 is 11.5 Å². The molecular weight excluding hydrogens is 270 g/mol. The number of nitrogens with zero attached hydrogens (tertiary/aromatic N) is 5. The summed E-state index contributed by atoms with van der Waals surface area (Å²) in [4.78, 5) is 18.9. The zero-order valence-corrected chi connectivity index (χ0v) is 11.9. The highest BCUT2D eigenvalue weighted by Crippen LogP contribution is 2.08. The van der Waals surface area contributed by atoms with Gasteiger partial charge in [-0.15, -0.1) is 0 Å². The number of aromatic nitrogens is 2. The highest BCUT2D eigenvalue weighted by atomic mass is 16.2. The maximum absolute atomic E-state index is 11.6. The molecule has 0 aliphatic heterocycles. The van der Waals surface area contributed by atoms with E-state index in [0.29, 0.717) is 0 Å². The fourth-order valence-electron chi connectivity index (χ4n) is 1.50. The van der Waals surface area contributed by atoms with Crippen LogP contribution in [0.3, 0.4) is 0 Å². The number of carbonyl (C=O) groups is 1. The van der Waals surface area contributed by atoms with Crippen molar-refractivity contribution < 1.29 is 4.79 Å². The van der Waals surface area contributed by atoms with Crippen molar-refractivity contribution in [2.24, 2.45) is 21.6 Å². The molecule has 0 aliphatic carbocycles. The molecule has 0 spiro atoms. The number of carbonyl (C=O) groups excluding carboxylic acids is 1. The SMILES string of the molecule is CC=CC(/C=N/C(=O)/N=C(\N)n1ncc(C#N)c1N)CC. The number of nitriles is 1. The van der Waals surface area contributed by atoms with E-state index in [4.69, 9.17) is 16.7 Å². The van der Waals surface area contributed by atoms with Gasteiger partial charge in [-0.3, -0.25) is 0 Å². The van der Waals surface area contributed by atoms with Gasteiger partial charge in [0.05, 0.1) is 6.20 Å². The fraction of sp³-hybridized carbons (Fsp3) is 0.308. The third-order valence-corrected chi connectivity index (χ3v) is 2.64. The highest BCUT2D eigenvalue weighted by Gasteiger charge is 2.10. The second-order valence-corrected chi connectivity index (χ2v) is 4.10. The molecule has 0 saturated heterocycles. The van der Waals surface area contributed by atoms with Crippen LogP contribution in [-0.4, -0.2) is 28.0 Å². The first kappa shape index (κ1) is 16.1. The fourth-order valence-corrected chi connectivity index (χ4v) is 1.50. The summed E-state index contributed by atoms with van der Waals surface area (Å²) >= 11 is 0. The van der Waals surface area contributed by atoms with E-state index in [0.717, 1.165) is 11.1 Å². The Balaban J connectivity index is 2.87. The predicted octanol–water partition coefficient (Wildman–Crippen LogP) is 1.29. The predicted molar refractivity (Wildman–Crippen MR) is 80.9 cm³/mol. The lowest BCUT2D eigenvalue weighted by molar-refractivity contribution is 0.257. The van der Waals surface area contributed by atoms with E-state index in [-0.39, 0.29) is 23.3 Å². The first-order chi connectivity index (χ1) is 10.0. The van der Waals surface area contributed by atoms with Gasteiger partial charge >= 0.3 is 6.03 Å². The van der Waals surface area contributed by atoms with Gasteiger partial charge < -0.3 is 11.5 Å². The van der Waals surface area contributed by atoms with Crippen LogP contribution in [0.2, 0.25) is 0 Å². The number of amides is 2. The molecule has 8 heteroatoms. The van der Waals surface area contributed by atoms with Gasteiger partial charge in [0.25, 0.3) is 0 Å². The number of nitrogen functional groups attached to an aromatic ring is 1. The number of allylic oxidation sites excluding steroid dienone is 2. The molecule has 1 heterocycles. The van der Waals surface area contributed by atoms with Crippen molar-refractivity contribution in [2.75, 3.05) is 5.73 Å². The Hall–Kier alpha value is -2.95. The molecule has 0 saturated carbocycles. The van der Waals surface area contributed by atoms with Gasteiger partial charge in [-0.25, -0.2) is 9.79 Å². The summed E-state index contributed by atoms with van der Waals surface area (Å²) in [7, 11) is 0. The molecule has 0 aromatic carbocycles. The molecule has 1 atom stereocenters. The number of rotatable bonds is 3. The third kappa shape index (κ3) is 4.28. The van der Waals surface area contributed by atoms with E-state index < -0.39 is 6.03 Å². The minimum Gasteiger partial charge on any atom is -0.382 e. The second kappa shape index (κ2) is 7.59. The molecule has 4 N–H and O–H groups in total. The van der Waals surface area contributed by atoms with E-state index in [2.05, 4.69) is 15.1 Å². The quantitative estimate of drug-likeness (QED) is 0.490. The topological polar surface area (TPSA) is 135 Å². The maximum Gasteiger partial charge on any atom is 0.369 e. The van der Waals surface area contributed by atoms with Crippen molar-refractivity contribution in [1.82, 2.24) is 9.78 Å². The summed E-state index contributed by atoms with van der Waals surface area (Å²) in [5.74, 6) is -0.151. The molecular formula is C13H17N7O. The van der Waals surface area contributed by atoms with Crippen LogP contribution in [0.1, 0.15) is 25.8 Å². The van der Waals surface area contributed by atoms with E-state index in [1.54, 1.807) is 0 Å². The van der Waals surface area contributed by atoms with Crippen molar-refractivity contribution in [3.05, 3.63) is 23.9 Å². The van der Waals surface area contributed by atoms with Crippen LogP contribution >= 0.6 is 0 Å². The van der Waals surface area contributed by atoms with Crippen LogP contribution in [0.25, 0.3) is 0 Å². The Morgan fingerprint density at radius 3 is 2.90 bits per heavy atom. The molecule has 0 aliphatic rings. The third-order valence-electron chi connectivity index (χ3n) is 2.64. The number of aliphatic imine (C=N–C) groups is 2. The smallest absolute Gasteiger partial charge is 0.369 e. The Bertz CT molecular complexity index is 633. The maximum atomic E-state index is 11.6. The standard InChI is InChI=1S/C13H17N7O/c1-3-5-9(4-2)7-17-13(21)19-12(16)20-11(15)10(6-14)8-18-20/h3,5,7-9H,4,15H2,1-2H3,(H2,16,19,21)/b5-3?,17-7+. The van der Waals surface area contributed by atoms with Crippen molar-refractivity contribution in [2.45, 2.75) is 20.3 Å². The van der Waals surface area contributed by atoms with Crippen molar-refractivity contribution in [3.63, 3.8) is 0 Å². The summed E-state index contributed by atoms with van der Waals surface area (Å²) in [6, 6.07) is 1.08. The van der Waals surface area contributed by atoms with E-state index in [1.165, 1.54) is 12.4 Å². The van der Waals surface area contributed by atoms with E-state index >= 15 is 0 Å². The summed E-state index contributed by atoms with van der Waals surface area (Å²) in [5, 5.41) is 12.5. The second-order valence-electron chi connectivity index (χ2n) is 4.10. The summed E-state index contributed by atoms with van der Waals surface area (Å²) in [6.45, 7) is 3.87. The average Bonchev–Trinajstić information content (AvgIpc) is 2.84. The molecule has 1 aromatic rings. The van der Waals surface area contributed by atoms with Crippen LogP contribution in [0.15, 0.2) is 28.3 Å². The van der Waals surface area contributed by atoms with Crippen LogP contribution in [0, 0.1) is 17.2 Å². The first-order valence-corrected chi connectivity index (χ1v) is 6.32. The van der Waals surface area contributed by atoms with Gasteiger partial charge in [-0.1, -0.05) is 19.1 Å². The number of hydrogen-bond donors (Lipinski definition) is 2. The Morgan fingerprint density at radius 2 is 2.38 bits per heavy atom. The average molecular weight is 287 g/mol. The summed E-state index contributed by atoms with van der Waals surface area (Å²) < 4.78 is 1.01. The Morgan fingerprint density at radius 1 is 1.67 bits per heavy atom. The molecule has 8 nitrogen and oxygen atoms in total. The van der Waals surface area contributed by atoms with Crippen molar-refractivity contribution in [3.8, 4) is 6.07 Å². The Labute approximate surface area is 122 Å². The van der Waals surface area contributed by atoms with Gasteiger partial charge in [0.2, 0.25) is 5.96 Å². The van der Waals surface area contributed by atoms with Gasteiger partial charge in [0, 0.05) is 12.1 Å². The van der Waals surface area contributed by atoms with Crippen LogP contribution in [0.4, 0.5) is 10.6 Å². The molecule has 21 heavy (non-hydrogen) atoms. The molecule has 2 amide bonds.